The number of hydrogen-bond acceptors (Lipinski definition) is 4. The molecule has 3 N–H and O–H groups in total. The van der Waals surface area contributed by atoms with Crippen LogP contribution in [-0.2, 0) is 9.59 Å². The van der Waals surface area contributed by atoms with Crippen LogP contribution in [0.25, 0.3) is 0 Å². The maximum atomic E-state index is 12.1. The minimum atomic E-state index is -0.207. The zero-order valence-corrected chi connectivity index (χ0v) is 15.0. The van der Waals surface area contributed by atoms with Gasteiger partial charge in [0.2, 0.25) is 11.8 Å². The summed E-state index contributed by atoms with van der Waals surface area (Å²) in [7, 11) is 1.54. The standard InChI is InChI=1S/C18H20ClN3O3/c1-11-8-16(17(25-3)9-15(11)19)20-10-18(24)22-14-6-4-13(5-7-14)21-12(2)23/h4-9,20H,10H2,1-3H3,(H,21,23)(H,22,24). The molecule has 0 fully saturated rings. The second-order valence-electron chi connectivity index (χ2n) is 5.46. The van der Waals surface area contributed by atoms with E-state index >= 15 is 0 Å². The van der Waals surface area contributed by atoms with Crippen molar-refractivity contribution in [3.63, 3.8) is 0 Å². The van der Waals surface area contributed by atoms with Crippen molar-refractivity contribution in [2.75, 3.05) is 29.6 Å². The number of ether oxygens (including phenoxy) is 1. The summed E-state index contributed by atoms with van der Waals surface area (Å²) in [6, 6.07) is 10.4. The highest BCUT2D eigenvalue weighted by atomic mass is 35.5. The van der Waals surface area contributed by atoms with Gasteiger partial charge in [-0.15, -0.1) is 0 Å². The number of rotatable bonds is 6. The monoisotopic (exact) mass is 361 g/mol. The minimum Gasteiger partial charge on any atom is -0.495 e. The van der Waals surface area contributed by atoms with E-state index in [-0.39, 0.29) is 18.4 Å². The van der Waals surface area contributed by atoms with Crippen molar-refractivity contribution >= 4 is 40.5 Å². The summed E-state index contributed by atoms with van der Waals surface area (Å²) in [4.78, 5) is 23.1. The van der Waals surface area contributed by atoms with Crippen molar-refractivity contribution in [2.45, 2.75) is 13.8 Å². The second-order valence-corrected chi connectivity index (χ2v) is 5.87. The number of carbonyl (C=O) groups excluding carboxylic acids is 2. The first kappa shape index (κ1) is 18.6. The number of carbonyl (C=O) groups is 2. The summed E-state index contributed by atoms with van der Waals surface area (Å²) >= 11 is 6.07. The van der Waals surface area contributed by atoms with E-state index in [4.69, 9.17) is 16.3 Å². The molecule has 0 unspecified atom stereocenters. The molecule has 25 heavy (non-hydrogen) atoms. The fraction of sp³-hybridized carbons (Fsp3) is 0.222. The minimum absolute atomic E-state index is 0.0743. The number of amides is 2. The van der Waals surface area contributed by atoms with E-state index in [1.165, 1.54) is 6.92 Å². The highest BCUT2D eigenvalue weighted by Gasteiger charge is 2.09. The Balaban J connectivity index is 1.95. The molecule has 132 valence electrons. The van der Waals surface area contributed by atoms with Crippen molar-refractivity contribution in [3.05, 3.63) is 47.0 Å². The van der Waals surface area contributed by atoms with E-state index in [9.17, 15) is 9.59 Å². The van der Waals surface area contributed by atoms with Crippen LogP contribution in [0, 0.1) is 6.92 Å². The third kappa shape index (κ3) is 5.39. The zero-order valence-electron chi connectivity index (χ0n) is 14.3. The fourth-order valence-corrected chi connectivity index (χ4v) is 2.34. The van der Waals surface area contributed by atoms with Gasteiger partial charge in [0.25, 0.3) is 0 Å². The molecule has 0 radical (unpaired) electrons. The van der Waals surface area contributed by atoms with Gasteiger partial charge in [-0.1, -0.05) is 11.6 Å². The quantitative estimate of drug-likeness (QED) is 0.733. The Bertz CT molecular complexity index is 776. The van der Waals surface area contributed by atoms with Crippen molar-refractivity contribution < 1.29 is 14.3 Å². The molecule has 0 aliphatic rings. The number of methoxy groups -OCH3 is 1. The van der Waals surface area contributed by atoms with Gasteiger partial charge in [0.1, 0.15) is 5.75 Å². The average molecular weight is 362 g/mol. The van der Waals surface area contributed by atoms with E-state index in [0.717, 1.165) is 5.56 Å². The van der Waals surface area contributed by atoms with Gasteiger partial charge in [-0.25, -0.2) is 0 Å². The van der Waals surface area contributed by atoms with Gasteiger partial charge >= 0.3 is 0 Å². The highest BCUT2D eigenvalue weighted by Crippen LogP contribution is 2.30. The lowest BCUT2D eigenvalue weighted by atomic mass is 10.2. The predicted octanol–water partition coefficient (Wildman–Crippen LogP) is 3.67. The van der Waals surface area contributed by atoms with Gasteiger partial charge in [0.15, 0.2) is 0 Å². The Labute approximate surface area is 151 Å². The number of aryl methyl sites for hydroxylation is 1. The molecule has 0 heterocycles. The smallest absolute Gasteiger partial charge is 0.243 e. The summed E-state index contributed by atoms with van der Waals surface area (Å²) in [6.45, 7) is 3.39. The molecule has 0 aromatic heterocycles. The summed E-state index contributed by atoms with van der Waals surface area (Å²) in [6.07, 6.45) is 0. The highest BCUT2D eigenvalue weighted by molar-refractivity contribution is 6.31. The number of nitrogens with one attached hydrogen (secondary N) is 3. The molecule has 0 bridgehead atoms. The van der Waals surface area contributed by atoms with Crippen LogP contribution in [0.2, 0.25) is 5.02 Å². The first-order chi connectivity index (χ1) is 11.9. The Morgan fingerprint density at radius 2 is 1.68 bits per heavy atom. The molecule has 0 aliphatic carbocycles. The molecule has 2 aromatic carbocycles. The van der Waals surface area contributed by atoms with E-state index in [1.54, 1.807) is 37.4 Å². The molecule has 0 aliphatic heterocycles. The molecule has 2 amide bonds. The summed E-state index contributed by atoms with van der Waals surface area (Å²) in [5.74, 6) is 0.221. The zero-order chi connectivity index (χ0) is 18.4. The molecule has 7 heteroatoms. The van der Waals surface area contributed by atoms with Crippen LogP contribution < -0.4 is 20.7 Å². The van der Waals surface area contributed by atoms with Crippen molar-refractivity contribution in [1.29, 1.82) is 0 Å². The molecule has 0 saturated heterocycles. The largest absolute Gasteiger partial charge is 0.495 e. The lowest BCUT2D eigenvalue weighted by molar-refractivity contribution is -0.115. The average Bonchev–Trinajstić information content (AvgIpc) is 2.57. The van der Waals surface area contributed by atoms with E-state index < -0.39 is 0 Å². The molecular formula is C18H20ClN3O3. The van der Waals surface area contributed by atoms with Gasteiger partial charge in [-0.05, 0) is 42.8 Å². The Morgan fingerprint density at radius 3 is 2.24 bits per heavy atom. The van der Waals surface area contributed by atoms with Gasteiger partial charge in [0, 0.05) is 29.4 Å². The van der Waals surface area contributed by atoms with Crippen LogP contribution in [0.4, 0.5) is 17.1 Å². The molecule has 0 saturated carbocycles. The van der Waals surface area contributed by atoms with Crippen LogP contribution in [0.5, 0.6) is 5.75 Å². The second kappa shape index (κ2) is 8.39. The van der Waals surface area contributed by atoms with Crippen LogP contribution in [0.15, 0.2) is 36.4 Å². The predicted molar refractivity (Wildman–Crippen MR) is 101 cm³/mol. The van der Waals surface area contributed by atoms with Crippen molar-refractivity contribution in [1.82, 2.24) is 0 Å². The number of benzene rings is 2. The maximum Gasteiger partial charge on any atom is 0.243 e. The molecule has 0 spiro atoms. The van der Waals surface area contributed by atoms with Crippen molar-refractivity contribution in [2.24, 2.45) is 0 Å². The third-order valence-corrected chi connectivity index (χ3v) is 3.82. The molecule has 2 rings (SSSR count). The van der Waals surface area contributed by atoms with E-state index in [2.05, 4.69) is 16.0 Å². The molecule has 2 aromatic rings. The Morgan fingerprint density at radius 1 is 1.08 bits per heavy atom. The molecular weight excluding hydrogens is 342 g/mol. The van der Waals surface area contributed by atoms with Gasteiger partial charge in [0.05, 0.1) is 19.3 Å². The fourth-order valence-electron chi connectivity index (χ4n) is 2.19. The summed E-state index contributed by atoms with van der Waals surface area (Å²) < 4.78 is 5.26. The summed E-state index contributed by atoms with van der Waals surface area (Å²) in [5.41, 5.74) is 2.89. The summed E-state index contributed by atoms with van der Waals surface area (Å²) in [5, 5.41) is 9.08. The Hall–Kier alpha value is -2.73. The molecule has 6 nitrogen and oxygen atoms in total. The Kier molecular flexibility index (Phi) is 6.25. The number of halogens is 1. The van der Waals surface area contributed by atoms with Crippen LogP contribution >= 0.6 is 11.6 Å². The normalized spacial score (nSPS) is 10.1. The SMILES string of the molecule is COc1cc(Cl)c(C)cc1NCC(=O)Nc1ccc(NC(C)=O)cc1. The van der Waals surface area contributed by atoms with E-state index in [0.29, 0.717) is 27.8 Å². The topological polar surface area (TPSA) is 79.5 Å². The number of hydrogen-bond donors (Lipinski definition) is 3. The van der Waals surface area contributed by atoms with Crippen LogP contribution in [0.3, 0.4) is 0 Å². The lowest BCUT2D eigenvalue weighted by Gasteiger charge is -2.13. The van der Waals surface area contributed by atoms with Crippen LogP contribution in [0.1, 0.15) is 12.5 Å². The maximum absolute atomic E-state index is 12.1. The van der Waals surface area contributed by atoms with Gasteiger partial charge < -0.3 is 20.7 Å². The van der Waals surface area contributed by atoms with E-state index in [1.807, 2.05) is 13.0 Å². The third-order valence-electron chi connectivity index (χ3n) is 3.41. The van der Waals surface area contributed by atoms with Crippen LogP contribution in [-0.4, -0.2) is 25.5 Å². The lowest BCUT2D eigenvalue weighted by Crippen LogP contribution is -2.22. The first-order valence-electron chi connectivity index (χ1n) is 7.64. The van der Waals surface area contributed by atoms with Gasteiger partial charge in [-0.2, -0.15) is 0 Å². The van der Waals surface area contributed by atoms with Gasteiger partial charge in [-0.3, -0.25) is 9.59 Å². The first-order valence-corrected chi connectivity index (χ1v) is 8.02. The van der Waals surface area contributed by atoms with Crippen molar-refractivity contribution in [3.8, 4) is 5.75 Å². The number of anilines is 3. The molecule has 0 atom stereocenters.